The first-order chi connectivity index (χ1) is 36.3. The number of carbonyl (C=O) groups is 4. The van der Waals surface area contributed by atoms with Crippen LogP contribution in [0.5, 0.6) is 0 Å². The highest BCUT2D eigenvalue weighted by Crippen LogP contribution is 2.30. The monoisotopic (exact) mass is 1080 g/mol. The zero-order valence-corrected chi connectivity index (χ0v) is 46.7. The fraction of sp³-hybridized carbons (Fsp3) is 0.458. The van der Waals surface area contributed by atoms with Gasteiger partial charge in [0.2, 0.25) is 0 Å². The average Bonchev–Trinajstić information content (AvgIpc) is 3.36. The Bertz CT molecular complexity index is 2790. The molecule has 2 saturated carbocycles. The van der Waals surface area contributed by atoms with Crippen LogP contribution in [0.25, 0.3) is 0 Å². The number of halogens is 3. The maximum absolute atomic E-state index is 15.6. The number of aromatic nitrogens is 2. The molecule has 3 aromatic carbocycles. The third-order valence-corrected chi connectivity index (χ3v) is 13.4. The molecule has 18 heteroatoms. The summed E-state index contributed by atoms with van der Waals surface area (Å²) >= 11 is 6.31. The zero-order valence-electron chi connectivity index (χ0n) is 46.0. The maximum Gasteiger partial charge on any atom is 0.407 e. The molecule has 0 spiro atoms. The molecule has 2 fully saturated rings. The molecular weight excluding hydrogens is 1000 g/mol. The van der Waals surface area contributed by atoms with Crippen LogP contribution >= 0.6 is 11.6 Å². The van der Waals surface area contributed by atoms with Crippen LogP contribution in [0.4, 0.5) is 35.8 Å². The molecule has 0 radical (unpaired) electrons. The lowest BCUT2D eigenvalue weighted by Gasteiger charge is -2.34. The van der Waals surface area contributed by atoms with Gasteiger partial charge in [0, 0.05) is 18.6 Å². The van der Waals surface area contributed by atoms with E-state index in [1.54, 1.807) is 20.8 Å². The molecule has 5 aromatic rings. The van der Waals surface area contributed by atoms with Crippen molar-refractivity contribution in [2.75, 3.05) is 16.0 Å². The van der Waals surface area contributed by atoms with Crippen molar-refractivity contribution in [1.82, 2.24) is 31.2 Å². The minimum Gasteiger partial charge on any atom is -0.444 e. The lowest BCUT2D eigenvalue weighted by atomic mass is 9.90. The molecule has 2 aliphatic carbocycles. The highest BCUT2D eigenvalue weighted by Gasteiger charge is 2.33. The first kappa shape index (κ1) is 59.2. The third kappa shape index (κ3) is 17.8. The van der Waals surface area contributed by atoms with E-state index in [2.05, 4.69) is 47.2 Å². The number of hydrogen-bond acceptors (Lipinski definition) is 11. The van der Waals surface area contributed by atoms with Crippen LogP contribution in [0.2, 0.25) is 5.15 Å². The fourth-order valence-corrected chi connectivity index (χ4v) is 9.41. The molecule has 414 valence electrons. The molecule has 7 N–H and O–H groups in total. The Labute approximate surface area is 457 Å². The van der Waals surface area contributed by atoms with Crippen molar-refractivity contribution in [3.05, 3.63) is 148 Å². The van der Waals surface area contributed by atoms with Gasteiger partial charge in [0.15, 0.2) is 23.3 Å². The Morgan fingerprint density at radius 3 is 1.34 bits per heavy atom. The lowest BCUT2D eigenvalue weighted by molar-refractivity contribution is 0.0477. The number of nitrogens with zero attached hydrogens (tertiary/aromatic N) is 2. The number of anilines is 3. The van der Waals surface area contributed by atoms with Crippen molar-refractivity contribution in [1.29, 1.82) is 0 Å². The van der Waals surface area contributed by atoms with Crippen LogP contribution in [0.1, 0.15) is 158 Å². The topological polar surface area (TPSA) is 197 Å². The van der Waals surface area contributed by atoms with Gasteiger partial charge in [0.1, 0.15) is 22.2 Å². The molecule has 4 atom stereocenters. The highest BCUT2D eigenvalue weighted by molar-refractivity contribution is 6.32. The number of hydrogen-bond donors (Lipinski definition) is 7. The van der Waals surface area contributed by atoms with Crippen LogP contribution < -0.4 is 37.2 Å². The summed E-state index contributed by atoms with van der Waals surface area (Å²) < 4.78 is 41.5. The van der Waals surface area contributed by atoms with Crippen molar-refractivity contribution in [2.24, 2.45) is 0 Å². The first-order valence-electron chi connectivity index (χ1n) is 26.4. The van der Waals surface area contributed by atoms with Crippen molar-refractivity contribution >= 4 is 53.1 Å². The number of carbonyl (C=O) groups excluding carboxylic acids is 4. The third-order valence-electron chi connectivity index (χ3n) is 13.1. The Hall–Kier alpha value is -7.01. The minimum absolute atomic E-state index is 0.0207. The van der Waals surface area contributed by atoms with Gasteiger partial charge in [-0.25, -0.2) is 28.3 Å². The summed E-state index contributed by atoms with van der Waals surface area (Å²) in [6.45, 7) is 18.7. The predicted octanol–water partition coefficient (Wildman–Crippen LogP) is 12.5. The van der Waals surface area contributed by atoms with Gasteiger partial charge in [-0.05, 0) is 124 Å². The Balaban J connectivity index is 0.000000254. The zero-order chi connectivity index (χ0) is 56.1. The van der Waals surface area contributed by atoms with E-state index < -0.39 is 57.9 Å². The minimum atomic E-state index is -0.703. The summed E-state index contributed by atoms with van der Waals surface area (Å²) in [6.07, 6.45) is 5.60. The van der Waals surface area contributed by atoms with Crippen molar-refractivity contribution < 1.29 is 37.4 Å². The van der Waals surface area contributed by atoms with Crippen LogP contribution in [0.15, 0.2) is 103 Å². The van der Waals surface area contributed by atoms with E-state index in [1.165, 1.54) is 6.07 Å². The van der Waals surface area contributed by atoms with Crippen molar-refractivity contribution in [2.45, 2.75) is 174 Å². The molecule has 2 aliphatic rings. The van der Waals surface area contributed by atoms with E-state index in [1.807, 2.05) is 139 Å². The van der Waals surface area contributed by atoms with E-state index in [4.69, 9.17) is 21.1 Å². The molecule has 7 rings (SSSR count). The molecule has 2 unspecified atom stereocenters. The average molecular weight is 1080 g/mol. The molecule has 77 heavy (non-hydrogen) atoms. The molecule has 2 aromatic heterocycles. The van der Waals surface area contributed by atoms with Crippen molar-refractivity contribution in [3.63, 3.8) is 0 Å². The number of rotatable bonds is 15. The van der Waals surface area contributed by atoms with Crippen LogP contribution in [0, 0.1) is 11.6 Å². The van der Waals surface area contributed by atoms with Gasteiger partial charge in [-0.15, -0.1) is 0 Å². The quantitative estimate of drug-likeness (QED) is 0.0493. The number of amides is 4. The summed E-state index contributed by atoms with van der Waals surface area (Å²) in [5.74, 6) is -2.09. The van der Waals surface area contributed by atoms with Gasteiger partial charge in [0.25, 0.3) is 11.8 Å². The molecule has 0 saturated heterocycles. The van der Waals surface area contributed by atoms with E-state index in [0.717, 1.165) is 67.7 Å². The van der Waals surface area contributed by atoms with Crippen LogP contribution in [0.3, 0.4) is 0 Å². The van der Waals surface area contributed by atoms with Gasteiger partial charge in [0.05, 0.1) is 34.3 Å². The normalized spacial score (nSPS) is 17.8. The fourth-order valence-electron chi connectivity index (χ4n) is 9.18. The number of nitrogens with one attached hydrogen (secondary N) is 7. The first-order valence-corrected chi connectivity index (χ1v) is 26.8. The number of ether oxygens (including phenoxy) is 2. The van der Waals surface area contributed by atoms with Gasteiger partial charge in [-0.2, -0.15) is 0 Å². The Morgan fingerprint density at radius 1 is 0.532 bits per heavy atom. The second kappa shape index (κ2) is 25.9. The van der Waals surface area contributed by atoms with E-state index in [0.29, 0.717) is 13.0 Å². The van der Waals surface area contributed by atoms with E-state index >= 15 is 8.78 Å². The van der Waals surface area contributed by atoms with Gasteiger partial charge in [-0.3, -0.25) is 9.59 Å². The SMILES string of the molecule is CC(C)(C)OC(=O)N[C@H]1CCCCC1Nc1nc(Cl)c(C(=O)NC(C)(C)c2ccccc2)cc1F.CC(C)(C)OC(=O)N[C@H]1CCCCC1Nc1nc(NCc2ccccc2)c(C(=O)NC(C)(C)c2ccccc2)cc1F. The predicted molar refractivity (Wildman–Crippen MR) is 299 cm³/mol. The van der Waals surface area contributed by atoms with Gasteiger partial charge in [-0.1, -0.05) is 128 Å². The maximum atomic E-state index is 15.6. The number of alkyl carbamates (subject to hydrolysis) is 2. The molecule has 4 amide bonds. The summed E-state index contributed by atoms with van der Waals surface area (Å²) in [5, 5.41) is 21.2. The molecular formula is C59H76ClF2N9O6. The Morgan fingerprint density at radius 2 is 0.909 bits per heavy atom. The summed E-state index contributed by atoms with van der Waals surface area (Å²) in [4.78, 5) is 60.0. The largest absolute Gasteiger partial charge is 0.444 e. The van der Waals surface area contributed by atoms with Crippen molar-refractivity contribution in [3.8, 4) is 0 Å². The molecule has 15 nitrogen and oxygen atoms in total. The van der Waals surface area contributed by atoms with E-state index in [-0.39, 0.29) is 57.9 Å². The standard InChI is InChI=1S/C33H42FN5O3.C26H34ClFN4O3/c1-32(2,3)42-31(41)37-27-19-13-12-18-26(27)36-29-25(34)20-24(28(38-29)35-21-22-14-8-6-9-15-22)30(40)39-33(4,5)23-16-10-7-11-17-23;1-25(2,3)35-24(34)30-20-14-10-9-13-19(20)29-22-18(28)15-17(21(27)31-22)23(33)32-26(4,5)16-11-7-6-8-12-16/h6-11,14-17,20,26-27H,12-13,18-19,21H2,1-5H3,(H,37,41)(H,39,40)(H2,35,36,38);6-8,11-12,15,19-20H,9-10,13-14H2,1-5H3,(H,29,31)(H,30,34)(H,32,33)/t26?,27-;19?,20-/m00/s1. The second-order valence-corrected chi connectivity index (χ2v) is 23.0. The van der Waals surface area contributed by atoms with Gasteiger partial charge >= 0.3 is 12.2 Å². The van der Waals surface area contributed by atoms with Crippen LogP contribution in [-0.4, -0.2) is 69.3 Å². The molecule has 0 aliphatic heterocycles. The smallest absolute Gasteiger partial charge is 0.407 e. The number of pyridine rings is 2. The van der Waals surface area contributed by atoms with Gasteiger partial charge < -0.3 is 46.7 Å². The summed E-state index contributed by atoms with van der Waals surface area (Å²) in [6, 6.07) is 30.1. The summed E-state index contributed by atoms with van der Waals surface area (Å²) in [7, 11) is 0. The second-order valence-electron chi connectivity index (χ2n) is 22.7. The summed E-state index contributed by atoms with van der Waals surface area (Å²) in [5.41, 5.74) is 0.220. The molecule has 0 bridgehead atoms. The molecule has 2 heterocycles. The van der Waals surface area contributed by atoms with Crippen LogP contribution in [-0.2, 0) is 27.1 Å². The number of benzene rings is 3. The van der Waals surface area contributed by atoms with E-state index in [9.17, 15) is 19.2 Å². The lowest BCUT2D eigenvalue weighted by Crippen LogP contribution is -2.50. The Kier molecular flexibility index (Phi) is 19.9. The highest BCUT2D eigenvalue weighted by atomic mass is 35.5.